The van der Waals surface area contributed by atoms with Crippen molar-refractivity contribution in [1.29, 1.82) is 5.26 Å². The first-order valence-corrected chi connectivity index (χ1v) is 10.5. The molecule has 7 nitrogen and oxygen atoms in total. The van der Waals surface area contributed by atoms with Gasteiger partial charge in [-0.15, -0.1) is 6.58 Å². The molecule has 168 valence electrons. The van der Waals surface area contributed by atoms with Gasteiger partial charge in [0, 0.05) is 17.7 Å². The van der Waals surface area contributed by atoms with Crippen LogP contribution in [0.5, 0.6) is 0 Å². The van der Waals surface area contributed by atoms with E-state index in [1.165, 1.54) is 12.2 Å². The number of carbonyl (C=O) groups is 3. The predicted molar refractivity (Wildman–Crippen MR) is 123 cm³/mol. The van der Waals surface area contributed by atoms with Gasteiger partial charge in [0.05, 0.1) is 16.7 Å². The number of halogens is 1. The van der Waals surface area contributed by atoms with Crippen molar-refractivity contribution >= 4 is 35.5 Å². The molecule has 1 aliphatic rings. The Morgan fingerprint density at radius 2 is 2.00 bits per heavy atom. The van der Waals surface area contributed by atoms with Gasteiger partial charge in [-0.1, -0.05) is 17.7 Å². The van der Waals surface area contributed by atoms with Crippen molar-refractivity contribution in [2.45, 2.75) is 26.9 Å². The average Bonchev–Trinajstić information content (AvgIpc) is 3.23. The number of furan rings is 1. The molecule has 0 radical (unpaired) electrons. The SMILES string of the molecule is C=CCN1C(=O)C(C#N)=C(C)/C(=C\c2ccc(-c3ccc(Cl)c(C(=O)OC(C)C)c3)o2)C1=O. The van der Waals surface area contributed by atoms with Crippen molar-refractivity contribution in [2.75, 3.05) is 6.54 Å². The summed E-state index contributed by atoms with van der Waals surface area (Å²) in [5.74, 6) is -0.977. The number of esters is 1. The van der Waals surface area contributed by atoms with Gasteiger partial charge in [-0.2, -0.15) is 5.26 Å². The highest BCUT2D eigenvalue weighted by atomic mass is 35.5. The van der Waals surface area contributed by atoms with E-state index in [2.05, 4.69) is 6.58 Å². The van der Waals surface area contributed by atoms with Gasteiger partial charge in [0.15, 0.2) is 0 Å². The Morgan fingerprint density at radius 3 is 2.64 bits per heavy atom. The highest BCUT2D eigenvalue weighted by Gasteiger charge is 2.34. The van der Waals surface area contributed by atoms with Crippen LogP contribution < -0.4 is 0 Å². The fourth-order valence-electron chi connectivity index (χ4n) is 3.26. The Labute approximate surface area is 196 Å². The first kappa shape index (κ1) is 23.8. The van der Waals surface area contributed by atoms with Crippen molar-refractivity contribution < 1.29 is 23.5 Å². The number of carbonyl (C=O) groups excluding carboxylic acids is 3. The third kappa shape index (κ3) is 4.81. The van der Waals surface area contributed by atoms with Gasteiger partial charge in [0.1, 0.15) is 23.2 Å². The Kier molecular flexibility index (Phi) is 7.00. The minimum Gasteiger partial charge on any atom is -0.459 e. The molecule has 0 fully saturated rings. The second-order valence-electron chi connectivity index (χ2n) is 7.53. The summed E-state index contributed by atoms with van der Waals surface area (Å²) in [5, 5.41) is 9.65. The molecule has 8 heteroatoms. The lowest BCUT2D eigenvalue weighted by atomic mass is 9.94. The summed E-state index contributed by atoms with van der Waals surface area (Å²) in [4.78, 5) is 38.5. The molecule has 0 unspecified atom stereocenters. The summed E-state index contributed by atoms with van der Waals surface area (Å²) in [6.07, 6.45) is 2.59. The number of rotatable bonds is 6. The average molecular weight is 465 g/mol. The van der Waals surface area contributed by atoms with Gasteiger partial charge in [-0.3, -0.25) is 14.5 Å². The zero-order valence-corrected chi connectivity index (χ0v) is 19.1. The van der Waals surface area contributed by atoms with Crippen LogP contribution in [0.25, 0.3) is 17.4 Å². The van der Waals surface area contributed by atoms with E-state index in [4.69, 9.17) is 20.8 Å². The van der Waals surface area contributed by atoms with Crippen LogP contribution in [-0.2, 0) is 14.3 Å². The third-order valence-corrected chi connectivity index (χ3v) is 5.19. The highest BCUT2D eigenvalue weighted by Crippen LogP contribution is 2.31. The molecule has 0 atom stereocenters. The van der Waals surface area contributed by atoms with Gasteiger partial charge in [0.25, 0.3) is 11.8 Å². The summed E-state index contributed by atoms with van der Waals surface area (Å²) >= 11 is 6.16. The summed E-state index contributed by atoms with van der Waals surface area (Å²) in [5.41, 5.74) is 1.13. The molecular formula is C25H21ClN2O5. The topological polar surface area (TPSA) is 101 Å². The first-order valence-electron chi connectivity index (χ1n) is 10.1. The molecule has 3 rings (SSSR count). The van der Waals surface area contributed by atoms with E-state index in [0.29, 0.717) is 17.1 Å². The van der Waals surface area contributed by atoms with E-state index in [1.807, 2.05) is 6.07 Å². The minimum absolute atomic E-state index is 0.0170. The zero-order valence-electron chi connectivity index (χ0n) is 18.3. The number of benzene rings is 1. The molecule has 0 aliphatic carbocycles. The lowest BCUT2D eigenvalue weighted by Crippen LogP contribution is -2.42. The number of amides is 2. The number of hydrogen-bond acceptors (Lipinski definition) is 6. The summed E-state index contributed by atoms with van der Waals surface area (Å²) in [7, 11) is 0. The van der Waals surface area contributed by atoms with Crippen molar-refractivity contribution in [1.82, 2.24) is 4.90 Å². The molecule has 1 aromatic heterocycles. The second-order valence-corrected chi connectivity index (χ2v) is 7.94. The number of imide groups is 1. The van der Waals surface area contributed by atoms with Gasteiger partial charge in [-0.25, -0.2) is 4.79 Å². The lowest BCUT2D eigenvalue weighted by molar-refractivity contribution is -0.139. The van der Waals surface area contributed by atoms with Crippen LogP contribution in [0.2, 0.25) is 5.02 Å². The van der Waals surface area contributed by atoms with Crippen molar-refractivity contribution in [3.63, 3.8) is 0 Å². The maximum atomic E-state index is 12.9. The van der Waals surface area contributed by atoms with Crippen molar-refractivity contribution in [2.24, 2.45) is 0 Å². The van der Waals surface area contributed by atoms with E-state index < -0.39 is 17.8 Å². The molecule has 33 heavy (non-hydrogen) atoms. The number of nitriles is 1. The highest BCUT2D eigenvalue weighted by molar-refractivity contribution is 6.33. The normalized spacial score (nSPS) is 15.3. The molecule has 2 amide bonds. The van der Waals surface area contributed by atoms with Crippen LogP contribution >= 0.6 is 11.6 Å². The fraction of sp³-hybridized carbons (Fsp3) is 0.200. The molecule has 1 aliphatic heterocycles. The Bertz CT molecular complexity index is 1260. The predicted octanol–water partition coefficient (Wildman–Crippen LogP) is 4.94. The van der Waals surface area contributed by atoms with Crippen LogP contribution in [0, 0.1) is 11.3 Å². The summed E-state index contributed by atoms with van der Waals surface area (Å²) in [6, 6.07) is 10.0. The van der Waals surface area contributed by atoms with E-state index in [9.17, 15) is 19.6 Å². The Balaban J connectivity index is 1.99. The van der Waals surface area contributed by atoms with Crippen molar-refractivity contribution in [3.05, 3.63) is 76.1 Å². The molecule has 0 N–H and O–H groups in total. The van der Waals surface area contributed by atoms with Crippen LogP contribution in [0.3, 0.4) is 0 Å². The smallest absolute Gasteiger partial charge is 0.339 e. The van der Waals surface area contributed by atoms with E-state index in [1.54, 1.807) is 51.1 Å². The summed E-state index contributed by atoms with van der Waals surface area (Å²) < 4.78 is 11.1. The van der Waals surface area contributed by atoms with E-state index in [0.717, 1.165) is 4.90 Å². The third-order valence-electron chi connectivity index (χ3n) is 4.86. The molecule has 0 bridgehead atoms. The second kappa shape index (κ2) is 9.72. The van der Waals surface area contributed by atoms with Gasteiger partial charge in [-0.05, 0) is 62.8 Å². The van der Waals surface area contributed by atoms with Gasteiger partial charge in [0.2, 0.25) is 0 Å². The first-order chi connectivity index (χ1) is 15.7. The monoisotopic (exact) mass is 464 g/mol. The lowest BCUT2D eigenvalue weighted by Gasteiger charge is -2.26. The quantitative estimate of drug-likeness (QED) is 0.259. The number of ether oxygens (including phenoxy) is 1. The molecule has 0 spiro atoms. The van der Waals surface area contributed by atoms with Gasteiger partial charge < -0.3 is 9.15 Å². The maximum Gasteiger partial charge on any atom is 0.339 e. The number of nitrogens with zero attached hydrogens (tertiary/aromatic N) is 2. The molecule has 2 aromatic rings. The van der Waals surface area contributed by atoms with E-state index in [-0.39, 0.29) is 40.0 Å². The summed E-state index contributed by atoms with van der Waals surface area (Å²) in [6.45, 7) is 8.57. The van der Waals surface area contributed by atoms with E-state index >= 15 is 0 Å². The fourth-order valence-corrected chi connectivity index (χ4v) is 3.46. The van der Waals surface area contributed by atoms with Crippen LogP contribution in [0.1, 0.15) is 36.9 Å². The molecule has 0 saturated heterocycles. The zero-order chi connectivity index (χ0) is 24.3. The van der Waals surface area contributed by atoms with Crippen LogP contribution in [0.4, 0.5) is 0 Å². The molecular weight excluding hydrogens is 444 g/mol. The largest absolute Gasteiger partial charge is 0.459 e. The van der Waals surface area contributed by atoms with Crippen LogP contribution in [0.15, 0.2) is 64.1 Å². The number of hydrogen-bond donors (Lipinski definition) is 0. The van der Waals surface area contributed by atoms with Crippen LogP contribution in [-0.4, -0.2) is 35.3 Å². The molecule has 2 heterocycles. The maximum absolute atomic E-state index is 12.9. The van der Waals surface area contributed by atoms with Gasteiger partial charge >= 0.3 is 5.97 Å². The Hall–Kier alpha value is -3.89. The molecule has 1 aromatic carbocycles. The standard InChI is InChI=1S/C25H21ClN2O5/c1-5-10-28-23(29)18(15(4)20(13-27)24(28)30)12-17-7-9-22(33-17)16-6-8-21(26)19(11-16)25(31)32-14(2)3/h5-9,11-12,14H,1,10H2,2-4H3/b18-12+. The Morgan fingerprint density at radius 1 is 1.27 bits per heavy atom. The minimum atomic E-state index is -0.654. The molecule has 0 saturated carbocycles. The van der Waals surface area contributed by atoms with Crippen molar-refractivity contribution in [3.8, 4) is 17.4 Å².